The van der Waals surface area contributed by atoms with Crippen molar-refractivity contribution in [1.29, 1.82) is 0 Å². The molecule has 1 aliphatic heterocycles. The molecule has 1 atom stereocenters. The van der Waals surface area contributed by atoms with Crippen molar-refractivity contribution in [2.24, 2.45) is 5.73 Å². The van der Waals surface area contributed by atoms with E-state index < -0.39 is 21.1 Å². The zero-order chi connectivity index (χ0) is 14.9. The van der Waals surface area contributed by atoms with E-state index in [1.54, 1.807) is 6.92 Å². The molecule has 1 saturated heterocycles. The highest BCUT2D eigenvalue weighted by Crippen LogP contribution is 2.26. The maximum absolute atomic E-state index is 12.6. The van der Waals surface area contributed by atoms with Crippen molar-refractivity contribution in [3.8, 4) is 0 Å². The van der Waals surface area contributed by atoms with E-state index in [1.807, 2.05) is 0 Å². The second kappa shape index (κ2) is 5.44. The third-order valence-electron chi connectivity index (χ3n) is 3.08. The summed E-state index contributed by atoms with van der Waals surface area (Å²) in [6, 6.07) is 3.75. The van der Waals surface area contributed by atoms with Crippen molar-refractivity contribution in [1.82, 2.24) is 4.31 Å². The fourth-order valence-corrected chi connectivity index (χ4v) is 3.74. The first-order chi connectivity index (χ1) is 9.34. The Bertz CT molecular complexity index is 631. The lowest BCUT2D eigenvalue weighted by Gasteiger charge is -2.32. The molecule has 1 aromatic rings. The fraction of sp³-hybridized carbons (Fsp3) is 0.455. The highest BCUT2D eigenvalue weighted by molar-refractivity contribution is 7.89. The van der Waals surface area contributed by atoms with Crippen molar-refractivity contribution in [2.45, 2.75) is 18.0 Å². The summed E-state index contributed by atoms with van der Waals surface area (Å²) in [6.07, 6.45) is -0.785. The summed E-state index contributed by atoms with van der Waals surface area (Å²) in [6.45, 7) is 2.07. The van der Waals surface area contributed by atoms with Crippen LogP contribution in [-0.2, 0) is 14.8 Å². The Morgan fingerprint density at radius 3 is 2.80 bits per heavy atom. The number of nitrogens with zero attached hydrogens (tertiary/aromatic N) is 2. The van der Waals surface area contributed by atoms with Gasteiger partial charge in [-0.1, -0.05) is 6.07 Å². The molecule has 0 aliphatic carbocycles. The monoisotopic (exact) mass is 301 g/mol. The number of nitro benzene ring substituents is 1. The molecule has 0 bridgehead atoms. The van der Waals surface area contributed by atoms with Crippen LogP contribution in [0.15, 0.2) is 23.1 Å². The van der Waals surface area contributed by atoms with Crippen LogP contribution >= 0.6 is 0 Å². The number of sulfonamides is 1. The Balaban J connectivity index is 2.48. The summed E-state index contributed by atoms with van der Waals surface area (Å²) < 4.78 is 31.3. The largest absolute Gasteiger partial charge is 0.377 e. The van der Waals surface area contributed by atoms with Crippen molar-refractivity contribution < 1.29 is 18.1 Å². The van der Waals surface area contributed by atoms with E-state index in [0.717, 1.165) is 10.4 Å². The van der Waals surface area contributed by atoms with Gasteiger partial charge in [-0.2, -0.15) is 4.31 Å². The molecule has 8 nitrogen and oxygen atoms in total. The fourth-order valence-electron chi connectivity index (χ4n) is 2.01. The number of benzene rings is 1. The average Bonchev–Trinajstić information content (AvgIpc) is 2.39. The lowest BCUT2D eigenvalue weighted by molar-refractivity contribution is -0.385. The van der Waals surface area contributed by atoms with Gasteiger partial charge in [0.15, 0.2) is 0 Å². The van der Waals surface area contributed by atoms with Crippen LogP contribution in [0.5, 0.6) is 0 Å². The number of hydrogen-bond acceptors (Lipinski definition) is 6. The van der Waals surface area contributed by atoms with Crippen LogP contribution in [0.25, 0.3) is 0 Å². The van der Waals surface area contributed by atoms with E-state index in [1.165, 1.54) is 12.1 Å². The maximum Gasteiger partial charge on any atom is 0.270 e. The summed E-state index contributed by atoms with van der Waals surface area (Å²) in [5.74, 6) is 0. The number of non-ortho nitro benzene ring substituents is 1. The number of hydrogen-bond donors (Lipinski definition) is 1. The first kappa shape index (κ1) is 14.9. The molecule has 2 rings (SSSR count). The van der Waals surface area contributed by atoms with Gasteiger partial charge < -0.3 is 10.5 Å². The Morgan fingerprint density at radius 2 is 2.20 bits per heavy atom. The normalized spacial score (nSPS) is 20.8. The summed E-state index contributed by atoms with van der Waals surface area (Å²) in [5, 5.41) is 10.8. The number of nitro groups is 1. The van der Waals surface area contributed by atoms with Gasteiger partial charge in [0.25, 0.3) is 5.69 Å². The van der Waals surface area contributed by atoms with Gasteiger partial charge in [-0.15, -0.1) is 0 Å². The molecule has 0 radical (unpaired) electrons. The standard InChI is InChI=1S/C11H15N3O5S/c1-8-2-3-9(14(15)16)6-10(8)20(17,18)13-4-5-19-7-11(13)12/h2-3,6,11H,4-5,7,12H2,1H3. The van der Waals surface area contributed by atoms with E-state index in [2.05, 4.69) is 0 Å². The third-order valence-corrected chi connectivity index (χ3v) is 5.15. The summed E-state index contributed by atoms with van der Waals surface area (Å²) in [4.78, 5) is 10.1. The predicted molar refractivity (Wildman–Crippen MR) is 70.5 cm³/mol. The van der Waals surface area contributed by atoms with Crippen LogP contribution in [-0.4, -0.2) is 43.6 Å². The maximum atomic E-state index is 12.6. The highest BCUT2D eigenvalue weighted by atomic mass is 32.2. The van der Waals surface area contributed by atoms with Crippen LogP contribution in [0.1, 0.15) is 5.56 Å². The molecular formula is C11H15N3O5S. The Morgan fingerprint density at radius 1 is 1.50 bits per heavy atom. The number of nitrogens with two attached hydrogens (primary N) is 1. The van der Waals surface area contributed by atoms with Crippen LogP contribution in [0, 0.1) is 17.0 Å². The van der Waals surface area contributed by atoms with Crippen LogP contribution < -0.4 is 5.73 Å². The molecule has 1 aliphatic rings. The SMILES string of the molecule is Cc1ccc([N+](=O)[O-])cc1S(=O)(=O)N1CCOCC1N. The van der Waals surface area contributed by atoms with Gasteiger partial charge in [0, 0.05) is 18.7 Å². The quantitative estimate of drug-likeness (QED) is 0.630. The van der Waals surface area contributed by atoms with E-state index in [4.69, 9.17) is 10.5 Å². The number of rotatable bonds is 3. The second-order valence-corrected chi connectivity index (χ2v) is 6.32. The number of morpholine rings is 1. The van der Waals surface area contributed by atoms with Gasteiger partial charge in [0.1, 0.15) is 0 Å². The molecule has 0 spiro atoms. The Labute approximate surface area is 116 Å². The second-order valence-electron chi connectivity index (χ2n) is 4.46. The molecule has 1 heterocycles. The molecule has 1 fully saturated rings. The lowest BCUT2D eigenvalue weighted by Crippen LogP contribution is -2.53. The van der Waals surface area contributed by atoms with Crippen LogP contribution in [0.3, 0.4) is 0 Å². The summed E-state index contributed by atoms with van der Waals surface area (Å²) >= 11 is 0. The third kappa shape index (κ3) is 2.66. The molecule has 1 unspecified atom stereocenters. The molecule has 1 aromatic carbocycles. The molecule has 9 heteroatoms. The van der Waals surface area contributed by atoms with Gasteiger partial charge in [0.2, 0.25) is 10.0 Å². The van der Waals surface area contributed by atoms with E-state index in [9.17, 15) is 18.5 Å². The minimum Gasteiger partial charge on any atom is -0.377 e. The number of aryl methyl sites for hydroxylation is 1. The van der Waals surface area contributed by atoms with Crippen molar-refractivity contribution in [3.05, 3.63) is 33.9 Å². The zero-order valence-corrected chi connectivity index (χ0v) is 11.7. The van der Waals surface area contributed by atoms with Crippen LogP contribution in [0.2, 0.25) is 0 Å². The minimum atomic E-state index is -3.87. The van der Waals surface area contributed by atoms with Crippen LogP contribution in [0.4, 0.5) is 5.69 Å². The Hall–Kier alpha value is -1.55. The highest BCUT2D eigenvalue weighted by Gasteiger charge is 2.33. The van der Waals surface area contributed by atoms with Gasteiger partial charge in [-0.25, -0.2) is 8.42 Å². The van der Waals surface area contributed by atoms with E-state index >= 15 is 0 Å². The van der Waals surface area contributed by atoms with Gasteiger partial charge in [-0.3, -0.25) is 10.1 Å². The van der Waals surface area contributed by atoms with E-state index in [0.29, 0.717) is 5.56 Å². The topological polar surface area (TPSA) is 116 Å². The zero-order valence-electron chi connectivity index (χ0n) is 10.9. The lowest BCUT2D eigenvalue weighted by atomic mass is 10.2. The molecule has 0 aromatic heterocycles. The molecule has 0 amide bonds. The molecule has 110 valence electrons. The molecule has 0 saturated carbocycles. The van der Waals surface area contributed by atoms with Crippen molar-refractivity contribution >= 4 is 15.7 Å². The van der Waals surface area contributed by atoms with Gasteiger partial charge >= 0.3 is 0 Å². The predicted octanol–water partition coefficient (Wildman–Crippen LogP) is 0.209. The van der Waals surface area contributed by atoms with Gasteiger partial charge in [-0.05, 0) is 12.5 Å². The minimum absolute atomic E-state index is 0.0935. The molecule has 20 heavy (non-hydrogen) atoms. The van der Waals surface area contributed by atoms with E-state index in [-0.39, 0.29) is 30.3 Å². The molecule has 2 N–H and O–H groups in total. The Kier molecular flexibility index (Phi) is 4.04. The van der Waals surface area contributed by atoms with Crippen molar-refractivity contribution in [2.75, 3.05) is 19.8 Å². The first-order valence-electron chi connectivity index (χ1n) is 5.94. The summed E-state index contributed by atoms with van der Waals surface area (Å²) in [5.41, 5.74) is 5.91. The number of ether oxygens (including phenoxy) is 1. The van der Waals surface area contributed by atoms with Gasteiger partial charge in [0.05, 0.1) is 29.2 Å². The molecular weight excluding hydrogens is 286 g/mol. The smallest absolute Gasteiger partial charge is 0.270 e. The average molecular weight is 301 g/mol. The first-order valence-corrected chi connectivity index (χ1v) is 7.38. The summed E-state index contributed by atoms with van der Waals surface area (Å²) in [7, 11) is -3.87. The van der Waals surface area contributed by atoms with Crippen molar-refractivity contribution in [3.63, 3.8) is 0 Å².